The molecule has 0 unspecified atom stereocenters. The standard InChI is InChI=1S/C19H22N4O/c1-21-19(23-15-17-8-5-7-16(13-17)14-20)22-11-6-12-24-18-9-3-2-4-10-18/h2-5,7-10,13H,6,11-12,15H2,1H3,(H2,21,22,23). The molecule has 2 rings (SSSR count). The van der Waals surface area contributed by atoms with Crippen LogP contribution in [0, 0.1) is 11.3 Å². The third kappa shape index (κ3) is 6.01. The van der Waals surface area contributed by atoms with Gasteiger partial charge in [0.1, 0.15) is 5.75 Å². The van der Waals surface area contributed by atoms with Crippen molar-refractivity contribution < 1.29 is 4.74 Å². The van der Waals surface area contributed by atoms with Gasteiger partial charge >= 0.3 is 0 Å². The van der Waals surface area contributed by atoms with Gasteiger partial charge in [-0.05, 0) is 36.2 Å². The first-order valence-electron chi connectivity index (χ1n) is 7.93. The summed E-state index contributed by atoms with van der Waals surface area (Å²) in [7, 11) is 1.74. The summed E-state index contributed by atoms with van der Waals surface area (Å²) in [5.74, 6) is 1.62. The largest absolute Gasteiger partial charge is 0.494 e. The van der Waals surface area contributed by atoms with Crippen molar-refractivity contribution in [2.75, 3.05) is 20.2 Å². The number of hydrogen-bond donors (Lipinski definition) is 2. The summed E-state index contributed by atoms with van der Waals surface area (Å²) in [5.41, 5.74) is 1.71. The molecular weight excluding hydrogens is 300 g/mol. The molecule has 5 heteroatoms. The number of nitrogens with zero attached hydrogens (tertiary/aromatic N) is 2. The van der Waals surface area contributed by atoms with Crippen LogP contribution in [-0.4, -0.2) is 26.2 Å². The number of benzene rings is 2. The molecule has 0 fully saturated rings. The van der Waals surface area contributed by atoms with Crippen molar-refractivity contribution >= 4 is 5.96 Å². The molecule has 0 amide bonds. The van der Waals surface area contributed by atoms with E-state index in [9.17, 15) is 0 Å². The zero-order chi connectivity index (χ0) is 17.0. The van der Waals surface area contributed by atoms with Gasteiger partial charge in [0.25, 0.3) is 0 Å². The minimum Gasteiger partial charge on any atom is -0.494 e. The van der Waals surface area contributed by atoms with E-state index in [0.29, 0.717) is 18.7 Å². The van der Waals surface area contributed by atoms with E-state index in [0.717, 1.165) is 30.2 Å². The monoisotopic (exact) mass is 322 g/mol. The minimum atomic E-state index is 0.621. The van der Waals surface area contributed by atoms with Crippen molar-refractivity contribution in [3.8, 4) is 11.8 Å². The van der Waals surface area contributed by atoms with Crippen LogP contribution in [0.1, 0.15) is 17.5 Å². The summed E-state index contributed by atoms with van der Waals surface area (Å²) in [4.78, 5) is 4.19. The van der Waals surface area contributed by atoms with Crippen LogP contribution in [0.15, 0.2) is 59.6 Å². The van der Waals surface area contributed by atoms with Crippen molar-refractivity contribution in [1.82, 2.24) is 10.6 Å². The van der Waals surface area contributed by atoms with Gasteiger partial charge in [0.2, 0.25) is 0 Å². The number of aliphatic imine (C=N–C) groups is 1. The lowest BCUT2D eigenvalue weighted by Crippen LogP contribution is -2.37. The quantitative estimate of drug-likeness (QED) is 0.467. The van der Waals surface area contributed by atoms with E-state index in [4.69, 9.17) is 10.00 Å². The van der Waals surface area contributed by atoms with Crippen LogP contribution in [0.4, 0.5) is 0 Å². The lowest BCUT2D eigenvalue weighted by molar-refractivity contribution is 0.311. The second-order valence-electron chi connectivity index (χ2n) is 5.18. The Balaban J connectivity index is 1.66. The van der Waals surface area contributed by atoms with Gasteiger partial charge in [-0.25, -0.2) is 0 Å². The third-order valence-corrected chi connectivity index (χ3v) is 3.37. The van der Waals surface area contributed by atoms with E-state index in [2.05, 4.69) is 21.7 Å². The SMILES string of the molecule is CN=C(NCCCOc1ccccc1)NCc1cccc(C#N)c1. The Morgan fingerprint density at radius 3 is 2.71 bits per heavy atom. The summed E-state index contributed by atoms with van der Waals surface area (Å²) in [5, 5.41) is 15.4. The van der Waals surface area contributed by atoms with Gasteiger partial charge in [-0.2, -0.15) is 5.26 Å². The van der Waals surface area contributed by atoms with Crippen molar-refractivity contribution in [3.05, 3.63) is 65.7 Å². The van der Waals surface area contributed by atoms with E-state index in [1.165, 1.54) is 0 Å². The molecule has 2 aromatic rings. The third-order valence-electron chi connectivity index (χ3n) is 3.37. The smallest absolute Gasteiger partial charge is 0.191 e. The highest BCUT2D eigenvalue weighted by Crippen LogP contribution is 2.08. The van der Waals surface area contributed by atoms with Crippen LogP contribution >= 0.6 is 0 Å². The summed E-state index contributed by atoms with van der Waals surface area (Å²) >= 11 is 0. The normalized spacial score (nSPS) is 10.8. The summed E-state index contributed by atoms with van der Waals surface area (Å²) in [6.07, 6.45) is 0.875. The Kier molecular flexibility index (Phi) is 7.16. The van der Waals surface area contributed by atoms with E-state index in [-0.39, 0.29) is 0 Å². The molecule has 2 N–H and O–H groups in total. The zero-order valence-electron chi connectivity index (χ0n) is 13.8. The van der Waals surface area contributed by atoms with E-state index in [1.807, 2.05) is 48.5 Å². The van der Waals surface area contributed by atoms with Crippen molar-refractivity contribution in [1.29, 1.82) is 5.26 Å². The highest BCUT2D eigenvalue weighted by molar-refractivity contribution is 5.79. The summed E-state index contributed by atoms with van der Waals surface area (Å²) in [6.45, 7) is 2.04. The molecular formula is C19H22N4O. The number of nitriles is 1. The summed E-state index contributed by atoms with van der Waals surface area (Å²) < 4.78 is 5.65. The first kappa shape index (κ1) is 17.4. The Morgan fingerprint density at radius 2 is 1.96 bits per heavy atom. The maximum Gasteiger partial charge on any atom is 0.191 e. The van der Waals surface area contributed by atoms with Crippen LogP contribution in [0.5, 0.6) is 5.75 Å². The van der Waals surface area contributed by atoms with Crippen LogP contribution in [-0.2, 0) is 6.54 Å². The molecule has 0 aliphatic heterocycles. The van der Waals surface area contributed by atoms with Crippen molar-refractivity contribution in [2.24, 2.45) is 4.99 Å². The van der Waals surface area contributed by atoms with Gasteiger partial charge in [-0.15, -0.1) is 0 Å². The fourth-order valence-electron chi connectivity index (χ4n) is 2.14. The molecule has 2 aromatic carbocycles. The molecule has 0 aliphatic rings. The average molecular weight is 322 g/mol. The number of para-hydroxylation sites is 1. The minimum absolute atomic E-state index is 0.621. The molecule has 0 aliphatic carbocycles. The number of nitrogens with one attached hydrogen (secondary N) is 2. The van der Waals surface area contributed by atoms with E-state index >= 15 is 0 Å². The molecule has 124 valence electrons. The maximum atomic E-state index is 8.92. The molecule has 0 bridgehead atoms. The molecule has 24 heavy (non-hydrogen) atoms. The molecule has 0 heterocycles. The van der Waals surface area contributed by atoms with E-state index < -0.39 is 0 Å². The molecule has 5 nitrogen and oxygen atoms in total. The molecule has 0 saturated carbocycles. The molecule has 0 saturated heterocycles. The first-order chi connectivity index (χ1) is 11.8. The van der Waals surface area contributed by atoms with Gasteiger partial charge < -0.3 is 15.4 Å². The number of hydrogen-bond acceptors (Lipinski definition) is 3. The fourth-order valence-corrected chi connectivity index (χ4v) is 2.14. The highest BCUT2D eigenvalue weighted by Gasteiger charge is 1.99. The molecule has 0 atom stereocenters. The second-order valence-corrected chi connectivity index (χ2v) is 5.18. The lowest BCUT2D eigenvalue weighted by atomic mass is 10.1. The number of ether oxygens (including phenoxy) is 1. The van der Waals surface area contributed by atoms with Gasteiger partial charge in [0, 0.05) is 20.1 Å². The summed E-state index contributed by atoms with van der Waals surface area (Å²) in [6, 6.07) is 19.5. The van der Waals surface area contributed by atoms with Gasteiger partial charge in [0.15, 0.2) is 5.96 Å². The number of rotatable bonds is 7. The van der Waals surface area contributed by atoms with Crippen LogP contribution in [0.2, 0.25) is 0 Å². The Bertz CT molecular complexity index is 692. The first-order valence-corrected chi connectivity index (χ1v) is 7.93. The van der Waals surface area contributed by atoms with Crippen molar-refractivity contribution in [3.63, 3.8) is 0 Å². The Labute approximate surface area is 143 Å². The second kappa shape index (κ2) is 9.90. The Morgan fingerprint density at radius 1 is 1.12 bits per heavy atom. The molecule has 0 radical (unpaired) electrons. The Hall–Kier alpha value is -3.00. The average Bonchev–Trinajstić information content (AvgIpc) is 2.65. The van der Waals surface area contributed by atoms with Gasteiger partial charge in [0.05, 0.1) is 18.2 Å². The predicted molar refractivity (Wildman–Crippen MR) is 95.9 cm³/mol. The topological polar surface area (TPSA) is 69.4 Å². The molecule has 0 aromatic heterocycles. The van der Waals surface area contributed by atoms with Crippen LogP contribution < -0.4 is 15.4 Å². The van der Waals surface area contributed by atoms with Crippen molar-refractivity contribution in [2.45, 2.75) is 13.0 Å². The fraction of sp³-hybridized carbons (Fsp3) is 0.263. The van der Waals surface area contributed by atoms with Crippen LogP contribution in [0.3, 0.4) is 0 Å². The number of guanidine groups is 1. The molecule has 0 spiro atoms. The predicted octanol–water partition coefficient (Wildman–Crippen LogP) is 2.69. The highest BCUT2D eigenvalue weighted by atomic mass is 16.5. The maximum absolute atomic E-state index is 8.92. The van der Waals surface area contributed by atoms with Crippen LogP contribution in [0.25, 0.3) is 0 Å². The van der Waals surface area contributed by atoms with Gasteiger partial charge in [-0.1, -0.05) is 30.3 Å². The van der Waals surface area contributed by atoms with Gasteiger partial charge in [-0.3, -0.25) is 4.99 Å². The van der Waals surface area contributed by atoms with E-state index in [1.54, 1.807) is 13.1 Å². The lowest BCUT2D eigenvalue weighted by Gasteiger charge is -2.12. The zero-order valence-corrected chi connectivity index (χ0v) is 13.8.